The molecule has 1 amide bonds. The summed E-state index contributed by atoms with van der Waals surface area (Å²) in [6.07, 6.45) is 0. The van der Waals surface area contributed by atoms with Gasteiger partial charge in [0.2, 0.25) is 5.91 Å². The zero-order valence-electron chi connectivity index (χ0n) is 12.5. The van der Waals surface area contributed by atoms with Crippen LogP contribution in [0.5, 0.6) is 0 Å². The molecule has 21 heavy (non-hydrogen) atoms. The van der Waals surface area contributed by atoms with E-state index in [-0.39, 0.29) is 12.5 Å². The minimum atomic E-state index is -0.0830. The van der Waals surface area contributed by atoms with E-state index in [9.17, 15) is 4.79 Å². The molecule has 0 aromatic heterocycles. The molecule has 0 heterocycles. The lowest BCUT2D eigenvalue weighted by molar-refractivity contribution is -0.114. The van der Waals surface area contributed by atoms with Crippen LogP contribution in [-0.4, -0.2) is 12.5 Å². The molecule has 2 rings (SSSR count). The summed E-state index contributed by atoms with van der Waals surface area (Å²) in [5.74, 6) is -0.0830. The molecule has 2 N–H and O–H groups in total. The maximum absolute atomic E-state index is 12.0. The zero-order valence-corrected chi connectivity index (χ0v) is 13.2. The monoisotopic (exact) mass is 302 g/mol. The Labute approximate surface area is 130 Å². The largest absolute Gasteiger partial charge is 0.376 e. The van der Waals surface area contributed by atoms with Crippen LogP contribution in [0.1, 0.15) is 16.7 Å². The first kappa shape index (κ1) is 15.4. The van der Waals surface area contributed by atoms with Crippen molar-refractivity contribution in [3.05, 3.63) is 58.1 Å². The molecule has 0 bridgehead atoms. The summed E-state index contributed by atoms with van der Waals surface area (Å²) in [6, 6.07) is 11.6. The second kappa shape index (κ2) is 6.64. The highest BCUT2D eigenvalue weighted by Gasteiger charge is 2.05. The Hall–Kier alpha value is -2.00. The van der Waals surface area contributed by atoms with Crippen molar-refractivity contribution in [2.45, 2.75) is 20.8 Å². The summed E-state index contributed by atoms with van der Waals surface area (Å²) in [7, 11) is 0. The van der Waals surface area contributed by atoms with E-state index in [1.807, 2.05) is 57.2 Å². The predicted octanol–water partition coefficient (Wildman–Crippen LogP) is 4.32. The second-order valence-corrected chi connectivity index (χ2v) is 5.59. The second-order valence-electron chi connectivity index (χ2n) is 5.18. The molecular weight excluding hydrogens is 284 g/mol. The van der Waals surface area contributed by atoms with Crippen LogP contribution in [-0.2, 0) is 4.79 Å². The van der Waals surface area contributed by atoms with Crippen LogP contribution in [0.2, 0.25) is 5.02 Å². The average molecular weight is 303 g/mol. The maximum Gasteiger partial charge on any atom is 0.243 e. The molecule has 0 aliphatic heterocycles. The van der Waals surface area contributed by atoms with Crippen LogP contribution in [0.4, 0.5) is 11.4 Å². The third-order valence-corrected chi connectivity index (χ3v) is 3.70. The fraction of sp³-hybridized carbons (Fsp3) is 0.235. The molecule has 2 aromatic carbocycles. The van der Waals surface area contributed by atoms with Gasteiger partial charge >= 0.3 is 0 Å². The molecule has 0 aliphatic rings. The molecule has 3 nitrogen and oxygen atoms in total. The standard InChI is InChI=1S/C17H19ClN2O/c1-11-4-5-13(3)16(8-11)20-17(21)10-19-14-7-6-12(2)15(18)9-14/h4-9,19H,10H2,1-3H3,(H,20,21). The van der Waals surface area contributed by atoms with Crippen molar-refractivity contribution in [3.8, 4) is 0 Å². The van der Waals surface area contributed by atoms with E-state index in [0.717, 1.165) is 28.1 Å². The number of benzene rings is 2. The van der Waals surface area contributed by atoms with Gasteiger partial charge in [0.05, 0.1) is 6.54 Å². The molecule has 0 fully saturated rings. The van der Waals surface area contributed by atoms with Crippen LogP contribution in [0.15, 0.2) is 36.4 Å². The molecular formula is C17H19ClN2O. The van der Waals surface area contributed by atoms with Gasteiger partial charge in [-0.3, -0.25) is 4.79 Å². The smallest absolute Gasteiger partial charge is 0.243 e. The Morgan fingerprint density at radius 2 is 1.76 bits per heavy atom. The van der Waals surface area contributed by atoms with E-state index >= 15 is 0 Å². The first-order chi connectivity index (χ1) is 9.95. The number of aryl methyl sites for hydroxylation is 3. The molecule has 0 radical (unpaired) electrons. The number of nitrogens with one attached hydrogen (secondary N) is 2. The zero-order chi connectivity index (χ0) is 15.4. The van der Waals surface area contributed by atoms with Gasteiger partial charge in [-0.05, 0) is 55.7 Å². The van der Waals surface area contributed by atoms with Crippen LogP contribution in [0, 0.1) is 20.8 Å². The molecule has 0 saturated carbocycles. The SMILES string of the molecule is Cc1ccc(C)c(NC(=O)CNc2ccc(C)c(Cl)c2)c1. The van der Waals surface area contributed by atoms with Gasteiger partial charge in [-0.25, -0.2) is 0 Å². The van der Waals surface area contributed by atoms with Gasteiger partial charge in [0.25, 0.3) is 0 Å². The van der Waals surface area contributed by atoms with E-state index in [1.165, 1.54) is 0 Å². The Bertz CT molecular complexity index is 668. The molecule has 4 heteroatoms. The van der Waals surface area contributed by atoms with E-state index in [4.69, 9.17) is 11.6 Å². The molecule has 0 aliphatic carbocycles. The lowest BCUT2D eigenvalue weighted by Crippen LogP contribution is -2.22. The maximum atomic E-state index is 12.0. The fourth-order valence-electron chi connectivity index (χ4n) is 1.95. The summed E-state index contributed by atoms with van der Waals surface area (Å²) in [5, 5.41) is 6.67. The lowest BCUT2D eigenvalue weighted by atomic mass is 10.1. The number of carbonyl (C=O) groups excluding carboxylic acids is 1. The minimum Gasteiger partial charge on any atom is -0.376 e. The van der Waals surface area contributed by atoms with Crippen LogP contribution < -0.4 is 10.6 Å². The predicted molar refractivity (Wildman–Crippen MR) is 89.2 cm³/mol. The highest BCUT2D eigenvalue weighted by Crippen LogP contribution is 2.20. The summed E-state index contributed by atoms with van der Waals surface area (Å²) >= 11 is 6.06. The highest BCUT2D eigenvalue weighted by atomic mass is 35.5. The lowest BCUT2D eigenvalue weighted by Gasteiger charge is -2.11. The first-order valence-corrected chi connectivity index (χ1v) is 7.20. The third kappa shape index (κ3) is 4.23. The van der Waals surface area contributed by atoms with E-state index in [1.54, 1.807) is 0 Å². The van der Waals surface area contributed by atoms with Crippen LogP contribution in [0.3, 0.4) is 0 Å². The Kier molecular flexibility index (Phi) is 4.86. The number of halogens is 1. The van der Waals surface area contributed by atoms with Crippen molar-refractivity contribution in [3.63, 3.8) is 0 Å². The Morgan fingerprint density at radius 3 is 2.48 bits per heavy atom. The number of rotatable bonds is 4. The minimum absolute atomic E-state index is 0.0830. The highest BCUT2D eigenvalue weighted by molar-refractivity contribution is 6.31. The molecule has 110 valence electrons. The normalized spacial score (nSPS) is 10.3. The summed E-state index contributed by atoms with van der Waals surface area (Å²) in [6.45, 7) is 6.12. The van der Waals surface area contributed by atoms with Crippen LogP contribution >= 0.6 is 11.6 Å². The van der Waals surface area contributed by atoms with Gasteiger partial charge < -0.3 is 10.6 Å². The van der Waals surface area contributed by atoms with Crippen molar-refractivity contribution in [2.24, 2.45) is 0 Å². The number of anilines is 2. The molecule has 0 atom stereocenters. The molecule has 2 aromatic rings. The molecule has 0 spiro atoms. The van der Waals surface area contributed by atoms with E-state index < -0.39 is 0 Å². The quantitative estimate of drug-likeness (QED) is 0.883. The van der Waals surface area contributed by atoms with Crippen molar-refractivity contribution >= 4 is 28.9 Å². The van der Waals surface area contributed by atoms with Gasteiger partial charge in [0.15, 0.2) is 0 Å². The molecule has 0 unspecified atom stereocenters. The van der Waals surface area contributed by atoms with Gasteiger partial charge in [0, 0.05) is 16.4 Å². The number of hydrogen-bond donors (Lipinski definition) is 2. The number of hydrogen-bond acceptors (Lipinski definition) is 2. The summed E-state index contributed by atoms with van der Waals surface area (Å²) < 4.78 is 0. The van der Waals surface area contributed by atoms with Crippen LogP contribution in [0.25, 0.3) is 0 Å². The topological polar surface area (TPSA) is 41.1 Å². The Morgan fingerprint density at radius 1 is 1.05 bits per heavy atom. The Balaban J connectivity index is 1.95. The van der Waals surface area contributed by atoms with Gasteiger partial charge in [-0.15, -0.1) is 0 Å². The number of carbonyl (C=O) groups is 1. The number of amides is 1. The molecule has 0 saturated heterocycles. The van der Waals surface area contributed by atoms with Crippen molar-refractivity contribution in [2.75, 3.05) is 17.2 Å². The summed E-state index contributed by atoms with van der Waals surface area (Å²) in [5.41, 5.74) is 4.87. The first-order valence-electron chi connectivity index (χ1n) is 6.83. The van der Waals surface area contributed by atoms with Crippen molar-refractivity contribution < 1.29 is 4.79 Å². The average Bonchev–Trinajstić information content (AvgIpc) is 2.44. The van der Waals surface area contributed by atoms with Gasteiger partial charge in [-0.2, -0.15) is 0 Å². The van der Waals surface area contributed by atoms with Gasteiger partial charge in [0.1, 0.15) is 0 Å². The fourth-order valence-corrected chi connectivity index (χ4v) is 2.13. The van der Waals surface area contributed by atoms with Crippen molar-refractivity contribution in [1.29, 1.82) is 0 Å². The van der Waals surface area contributed by atoms with Crippen molar-refractivity contribution in [1.82, 2.24) is 0 Å². The summed E-state index contributed by atoms with van der Waals surface area (Å²) in [4.78, 5) is 12.0. The van der Waals surface area contributed by atoms with E-state index in [2.05, 4.69) is 10.6 Å². The van der Waals surface area contributed by atoms with E-state index in [0.29, 0.717) is 5.02 Å². The van der Waals surface area contributed by atoms with Gasteiger partial charge in [-0.1, -0.05) is 29.8 Å². The third-order valence-electron chi connectivity index (χ3n) is 3.29.